The molecule has 2 heterocycles. The zero-order valence-corrected chi connectivity index (χ0v) is 12.3. The van der Waals surface area contributed by atoms with Gasteiger partial charge < -0.3 is 15.4 Å². The molecule has 22 heavy (non-hydrogen) atoms. The van der Waals surface area contributed by atoms with Crippen molar-refractivity contribution in [3.05, 3.63) is 48.0 Å². The molecular formula is C16H19FN4O. The Bertz CT molecular complexity index is 617. The van der Waals surface area contributed by atoms with Gasteiger partial charge in [-0.05, 0) is 18.9 Å². The molecule has 3 rings (SSSR count). The lowest BCUT2D eigenvalue weighted by Crippen LogP contribution is -2.19. The lowest BCUT2D eigenvalue weighted by molar-refractivity contribution is 0.120. The number of aromatic nitrogens is 2. The number of nitrogens with one attached hydrogen (secondary N) is 2. The third-order valence-electron chi connectivity index (χ3n) is 3.62. The van der Waals surface area contributed by atoms with Gasteiger partial charge in [0.2, 0.25) is 0 Å². The number of hydrogen-bond donors (Lipinski definition) is 2. The average Bonchev–Trinajstić information content (AvgIpc) is 3.06. The van der Waals surface area contributed by atoms with Gasteiger partial charge in [0.1, 0.15) is 23.8 Å². The van der Waals surface area contributed by atoms with Gasteiger partial charge in [-0.3, -0.25) is 0 Å². The van der Waals surface area contributed by atoms with Gasteiger partial charge in [-0.25, -0.2) is 14.4 Å². The molecule has 1 atom stereocenters. The highest BCUT2D eigenvalue weighted by Gasteiger charge is 2.15. The third-order valence-corrected chi connectivity index (χ3v) is 3.62. The average molecular weight is 302 g/mol. The largest absolute Gasteiger partial charge is 0.376 e. The van der Waals surface area contributed by atoms with E-state index in [1.807, 2.05) is 12.1 Å². The topological polar surface area (TPSA) is 59.1 Å². The third kappa shape index (κ3) is 3.92. The van der Waals surface area contributed by atoms with Crippen LogP contribution in [0.5, 0.6) is 0 Å². The van der Waals surface area contributed by atoms with E-state index in [2.05, 4.69) is 20.6 Å². The van der Waals surface area contributed by atoms with Gasteiger partial charge in [-0.2, -0.15) is 0 Å². The Hall–Kier alpha value is -2.21. The smallest absolute Gasteiger partial charge is 0.131 e. The quantitative estimate of drug-likeness (QED) is 0.859. The van der Waals surface area contributed by atoms with Gasteiger partial charge in [0.05, 0.1) is 6.10 Å². The van der Waals surface area contributed by atoms with Crippen molar-refractivity contribution in [2.45, 2.75) is 25.5 Å². The van der Waals surface area contributed by atoms with Crippen LogP contribution in [0.25, 0.3) is 0 Å². The maximum absolute atomic E-state index is 13.6. The molecule has 1 aromatic heterocycles. The first-order valence-electron chi connectivity index (χ1n) is 7.46. The Balaban J connectivity index is 1.55. The molecule has 0 spiro atoms. The number of halogens is 1. The van der Waals surface area contributed by atoms with Gasteiger partial charge >= 0.3 is 0 Å². The Morgan fingerprint density at radius 1 is 1.18 bits per heavy atom. The van der Waals surface area contributed by atoms with Gasteiger partial charge in [0.15, 0.2) is 0 Å². The van der Waals surface area contributed by atoms with Gasteiger partial charge in [0, 0.05) is 31.3 Å². The van der Waals surface area contributed by atoms with E-state index >= 15 is 0 Å². The number of rotatable bonds is 6. The van der Waals surface area contributed by atoms with E-state index in [-0.39, 0.29) is 11.9 Å². The van der Waals surface area contributed by atoms with Gasteiger partial charge in [-0.15, -0.1) is 0 Å². The number of benzene rings is 1. The molecule has 5 nitrogen and oxygen atoms in total. The highest BCUT2D eigenvalue weighted by molar-refractivity contribution is 5.46. The zero-order chi connectivity index (χ0) is 15.2. The van der Waals surface area contributed by atoms with Crippen LogP contribution < -0.4 is 10.6 Å². The van der Waals surface area contributed by atoms with Crippen molar-refractivity contribution in [2.75, 3.05) is 23.8 Å². The predicted octanol–water partition coefficient (Wildman–Crippen LogP) is 2.82. The van der Waals surface area contributed by atoms with Crippen LogP contribution in [0.3, 0.4) is 0 Å². The van der Waals surface area contributed by atoms with Crippen molar-refractivity contribution < 1.29 is 9.13 Å². The summed E-state index contributed by atoms with van der Waals surface area (Å²) in [5.41, 5.74) is 0.606. The van der Waals surface area contributed by atoms with Crippen molar-refractivity contribution in [2.24, 2.45) is 0 Å². The van der Waals surface area contributed by atoms with Crippen LogP contribution in [-0.4, -0.2) is 29.2 Å². The molecule has 116 valence electrons. The fourth-order valence-corrected chi connectivity index (χ4v) is 2.40. The van der Waals surface area contributed by atoms with Crippen LogP contribution in [0, 0.1) is 5.82 Å². The van der Waals surface area contributed by atoms with Crippen LogP contribution in [-0.2, 0) is 11.3 Å². The molecule has 1 aromatic carbocycles. The monoisotopic (exact) mass is 302 g/mol. The first-order valence-corrected chi connectivity index (χ1v) is 7.46. The van der Waals surface area contributed by atoms with Crippen molar-refractivity contribution in [3.63, 3.8) is 0 Å². The molecule has 2 aromatic rings. The number of hydrogen-bond acceptors (Lipinski definition) is 5. The van der Waals surface area contributed by atoms with Crippen LogP contribution in [0.1, 0.15) is 18.4 Å². The lowest BCUT2D eigenvalue weighted by atomic mass is 10.2. The molecule has 0 radical (unpaired) electrons. The van der Waals surface area contributed by atoms with Crippen molar-refractivity contribution in [1.29, 1.82) is 0 Å². The minimum absolute atomic E-state index is 0.221. The number of anilines is 2. The van der Waals surface area contributed by atoms with E-state index in [0.717, 1.165) is 31.8 Å². The Kier molecular flexibility index (Phi) is 4.80. The first-order chi connectivity index (χ1) is 10.8. The van der Waals surface area contributed by atoms with E-state index in [1.54, 1.807) is 12.1 Å². The number of nitrogens with zero attached hydrogens (tertiary/aromatic N) is 2. The summed E-state index contributed by atoms with van der Waals surface area (Å²) in [5.74, 6) is 1.18. The highest BCUT2D eigenvalue weighted by atomic mass is 19.1. The molecule has 1 unspecified atom stereocenters. The molecular weight excluding hydrogens is 283 g/mol. The molecule has 1 saturated heterocycles. The molecule has 0 amide bonds. The van der Waals surface area contributed by atoms with E-state index in [0.29, 0.717) is 17.9 Å². The predicted molar refractivity (Wildman–Crippen MR) is 83.2 cm³/mol. The van der Waals surface area contributed by atoms with Crippen molar-refractivity contribution >= 4 is 11.6 Å². The van der Waals surface area contributed by atoms with Crippen LogP contribution in [0.15, 0.2) is 36.7 Å². The van der Waals surface area contributed by atoms with E-state index in [9.17, 15) is 4.39 Å². The van der Waals surface area contributed by atoms with E-state index in [1.165, 1.54) is 12.4 Å². The molecule has 1 fully saturated rings. The first kappa shape index (κ1) is 14.7. The summed E-state index contributed by atoms with van der Waals surface area (Å²) in [6.07, 6.45) is 3.94. The minimum Gasteiger partial charge on any atom is -0.376 e. The Morgan fingerprint density at radius 2 is 2.00 bits per heavy atom. The summed E-state index contributed by atoms with van der Waals surface area (Å²) in [4.78, 5) is 8.33. The maximum atomic E-state index is 13.6. The summed E-state index contributed by atoms with van der Waals surface area (Å²) in [7, 11) is 0. The number of ether oxygens (including phenoxy) is 1. The summed E-state index contributed by atoms with van der Waals surface area (Å²) in [5, 5.41) is 6.35. The summed E-state index contributed by atoms with van der Waals surface area (Å²) in [6.45, 7) is 1.96. The van der Waals surface area contributed by atoms with Gasteiger partial charge in [0.25, 0.3) is 0 Å². The van der Waals surface area contributed by atoms with Crippen LogP contribution >= 0.6 is 0 Å². The Morgan fingerprint density at radius 3 is 2.77 bits per heavy atom. The molecule has 0 bridgehead atoms. The van der Waals surface area contributed by atoms with E-state index in [4.69, 9.17) is 4.74 Å². The van der Waals surface area contributed by atoms with Crippen molar-refractivity contribution in [3.8, 4) is 0 Å². The second-order valence-electron chi connectivity index (χ2n) is 5.25. The molecule has 6 heteroatoms. The second-order valence-corrected chi connectivity index (χ2v) is 5.25. The summed E-state index contributed by atoms with van der Waals surface area (Å²) < 4.78 is 19.1. The van der Waals surface area contributed by atoms with Crippen LogP contribution in [0.4, 0.5) is 16.0 Å². The highest BCUT2D eigenvalue weighted by Crippen LogP contribution is 2.15. The van der Waals surface area contributed by atoms with Crippen LogP contribution in [0.2, 0.25) is 0 Å². The normalized spacial score (nSPS) is 17.4. The fraction of sp³-hybridized carbons (Fsp3) is 0.375. The molecule has 1 aliphatic rings. The standard InChI is InChI=1S/C16H19FN4O/c17-14-6-2-1-4-12(14)9-18-15-8-16(21-11-20-15)19-10-13-5-3-7-22-13/h1-2,4,6,8,11,13H,3,5,7,9-10H2,(H2,18,19,20,21). The fourth-order valence-electron chi connectivity index (χ4n) is 2.40. The molecule has 0 aliphatic carbocycles. The Labute approximate surface area is 128 Å². The lowest BCUT2D eigenvalue weighted by Gasteiger charge is -2.12. The SMILES string of the molecule is Fc1ccccc1CNc1cc(NCC2CCCO2)ncn1. The molecule has 2 N–H and O–H groups in total. The summed E-state index contributed by atoms with van der Waals surface area (Å²) in [6, 6.07) is 8.51. The maximum Gasteiger partial charge on any atom is 0.131 e. The second kappa shape index (κ2) is 7.17. The summed E-state index contributed by atoms with van der Waals surface area (Å²) >= 11 is 0. The van der Waals surface area contributed by atoms with E-state index < -0.39 is 0 Å². The zero-order valence-electron chi connectivity index (χ0n) is 12.3. The minimum atomic E-state index is -0.221. The van der Waals surface area contributed by atoms with Gasteiger partial charge in [-0.1, -0.05) is 18.2 Å². The van der Waals surface area contributed by atoms with Crippen molar-refractivity contribution in [1.82, 2.24) is 9.97 Å². The molecule has 1 aliphatic heterocycles. The molecule has 0 saturated carbocycles.